The summed E-state index contributed by atoms with van der Waals surface area (Å²) in [7, 11) is 0. The summed E-state index contributed by atoms with van der Waals surface area (Å²) in [5.74, 6) is 1.25. The van der Waals surface area contributed by atoms with E-state index in [-0.39, 0.29) is 0 Å². The maximum absolute atomic E-state index is 5.61. The molecule has 0 fully saturated rings. The van der Waals surface area contributed by atoms with Crippen molar-refractivity contribution in [2.24, 2.45) is 5.73 Å². The van der Waals surface area contributed by atoms with E-state index < -0.39 is 0 Å². The van der Waals surface area contributed by atoms with Crippen LogP contribution >= 0.6 is 0 Å². The first-order chi connectivity index (χ1) is 5.86. The van der Waals surface area contributed by atoms with Gasteiger partial charge in [0.1, 0.15) is 0 Å². The maximum atomic E-state index is 5.61. The fraction of sp³-hybridized carbons (Fsp3) is 0.200. The van der Waals surface area contributed by atoms with Crippen LogP contribution in [0.1, 0.15) is 11.5 Å². The Morgan fingerprint density at radius 2 is 2.00 bits per heavy atom. The Balaban J connectivity index is 2.22. The molecule has 1 aromatic carbocycles. The molecule has 0 radical (unpaired) electrons. The number of hydrogen-bond donors (Lipinski definition) is 2. The molecule has 0 saturated heterocycles. The van der Waals surface area contributed by atoms with Crippen LogP contribution in [0.5, 0.6) is 0 Å². The van der Waals surface area contributed by atoms with Gasteiger partial charge in [-0.2, -0.15) is 0 Å². The van der Waals surface area contributed by atoms with Crippen LogP contribution in [0, 0.1) is 0 Å². The molecule has 1 unspecified atom stereocenters. The van der Waals surface area contributed by atoms with Crippen molar-refractivity contribution in [3.63, 3.8) is 0 Å². The first kappa shape index (κ1) is 7.22. The monoisotopic (exact) mass is 160 g/mol. The van der Waals surface area contributed by atoms with E-state index in [4.69, 9.17) is 5.73 Å². The summed E-state index contributed by atoms with van der Waals surface area (Å²) < 4.78 is 0. The fourth-order valence-corrected chi connectivity index (χ4v) is 1.48. The molecule has 1 heterocycles. The van der Waals surface area contributed by atoms with Gasteiger partial charge >= 0.3 is 0 Å². The highest BCUT2D eigenvalue weighted by Gasteiger charge is 2.13. The summed E-state index contributed by atoms with van der Waals surface area (Å²) in [6.07, 6.45) is 2.06. The summed E-state index contributed by atoms with van der Waals surface area (Å²) >= 11 is 0. The molecule has 62 valence electrons. The lowest BCUT2D eigenvalue weighted by Gasteiger charge is -2.05. The number of hydrogen-bond acceptors (Lipinski definition) is 2. The molecule has 0 aliphatic carbocycles. The van der Waals surface area contributed by atoms with Gasteiger partial charge in [-0.05, 0) is 11.6 Å². The van der Waals surface area contributed by atoms with Gasteiger partial charge in [0.15, 0.2) is 0 Å². The molecule has 2 heteroatoms. The van der Waals surface area contributed by atoms with Gasteiger partial charge in [0.05, 0.1) is 5.82 Å². The Morgan fingerprint density at radius 3 is 2.58 bits per heavy atom. The lowest BCUT2D eigenvalue weighted by molar-refractivity contribution is 0.791. The second-order valence-electron chi connectivity index (χ2n) is 3.02. The Labute approximate surface area is 72.1 Å². The van der Waals surface area contributed by atoms with Crippen LogP contribution in [0.2, 0.25) is 0 Å². The molecule has 2 nitrogen and oxygen atoms in total. The van der Waals surface area contributed by atoms with Gasteiger partial charge in [-0.25, -0.2) is 0 Å². The van der Waals surface area contributed by atoms with Crippen molar-refractivity contribution in [1.82, 2.24) is 5.32 Å². The van der Waals surface area contributed by atoms with Gasteiger partial charge in [-0.3, -0.25) is 0 Å². The zero-order valence-electron chi connectivity index (χ0n) is 6.83. The topological polar surface area (TPSA) is 38.0 Å². The van der Waals surface area contributed by atoms with Gasteiger partial charge in [0.25, 0.3) is 0 Å². The average Bonchev–Trinajstić information content (AvgIpc) is 2.54. The second kappa shape index (κ2) is 2.89. The van der Waals surface area contributed by atoms with Gasteiger partial charge in [0, 0.05) is 12.5 Å². The molecule has 0 aromatic heterocycles. The first-order valence-electron chi connectivity index (χ1n) is 4.12. The van der Waals surface area contributed by atoms with Gasteiger partial charge in [-0.1, -0.05) is 30.3 Å². The van der Waals surface area contributed by atoms with Crippen molar-refractivity contribution < 1.29 is 0 Å². The van der Waals surface area contributed by atoms with E-state index in [0.717, 1.165) is 12.4 Å². The van der Waals surface area contributed by atoms with Crippen LogP contribution in [-0.4, -0.2) is 6.54 Å². The minimum Gasteiger partial charge on any atom is -0.386 e. The first-order valence-corrected chi connectivity index (χ1v) is 4.12. The van der Waals surface area contributed by atoms with Crippen LogP contribution in [0.4, 0.5) is 0 Å². The molecular weight excluding hydrogens is 148 g/mol. The van der Waals surface area contributed by atoms with E-state index in [0.29, 0.717) is 5.92 Å². The zero-order chi connectivity index (χ0) is 8.39. The number of benzene rings is 1. The lowest BCUT2D eigenvalue weighted by Crippen LogP contribution is -2.15. The normalized spacial score (nSPS) is 21.7. The largest absolute Gasteiger partial charge is 0.386 e. The lowest BCUT2D eigenvalue weighted by atomic mass is 10.0. The van der Waals surface area contributed by atoms with E-state index >= 15 is 0 Å². The Kier molecular flexibility index (Phi) is 1.74. The number of nitrogens with two attached hydrogens (primary N) is 1. The Morgan fingerprint density at radius 1 is 1.25 bits per heavy atom. The van der Waals surface area contributed by atoms with Crippen molar-refractivity contribution in [2.75, 3.05) is 6.54 Å². The van der Waals surface area contributed by atoms with Crippen LogP contribution in [0.3, 0.4) is 0 Å². The quantitative estimate of drug-likeness (QED) is 0.647. The third kappa shape index (κ3) is 1.28. The van der Waals surface area contributed by atoms with Crippen LogP contribution in [0.15, 0.2) is 42.2 Å². The predicted molar refractivity (Wildman–Crippen MR) is 49.5 cm³/mol. The molecule has 1 aliphatic heterocycles. The molecule has 1 aromatic rings. The summed E-state index contributed by atoms with van der Waals surface area (Å²) in [6, 6.07) is 10.4. The highest BCUT2D eigenvalue weighted by molar-refractivity contribution is 5.28. The third-order valence-electron chi connectivity index (χ3n) is 2.13. The van der Waals surface area contributed by atoms with Gasteiger partial charge < -0.3 is 11.1 Å². The molecular formula is C10H12N2. The summed E-state index contributed by atoms with van der Waals surface area (Å²) in [5, 5.41) is 3.11. The molecule has 3 N–H and O–H groups in total. The number of nitrogens with one attached hydrogen (secondary N) is 1. The summed E-state index contributed by atoms with van der Waals surface area (Å²) in [6.45, 7) is 0.926. The second-order valence-corrected chi connectivity index (χ2v) is 3.02. The zero-order valence-corrected chi connectivity index (χ0v) is 6.83. The van der Waals surface area contributed by atoms with Crippen molar-refractivity contribution in [3.05, 3.63) is 47.8 Å². The van der Waals surface area contributed by atoms with Crippen molar-refractivity contribution in [1.29, 1.82) is 0 Å². The molecule has 1 atom stereocenters. The van der Waals surface area contributed by atoms with Crippen LogP contribution < -0.4 is 11.1 Å². The molecule has 0 amide bonds. The Hall–Kier alpha value is -1.44. The van der Waals surface area contributed by atoms with E-state index in [2.05, 4.69) is 35.7 Å². The van der Waals surface area contributed by atoms with E-state index in [1.165, 1.54) is 5.56 Å². The maximum Gasteiger partial charge on any atom is 0.0926 e. The van der Waals surface area contributed by atoms with Crippen molar-refractivity contribution in [3.8, 4) is 0 Å². The summed E-state index contributed by atoms with van der Waals surface area (Å²) in [4.78, 5) is 0. The molecule has 2 rings (SSSR count). The highest BCUT2D eigenvalue weighted by atomic mass is 15.0. The molecule has 0 bridgehead atoms. The molecule has 0 saturated carbocycles. The third-order valence-corrected chi connectivity index (χ3v) is 2.13. The Bertz CT molecular complexity index is 290. The molecule has 1 aliphatic rings. The molecule has 12 heavy (non-hydrogen) atoms. The fourth-order valence-electron chi connectivity index (χ4n) is 1.48. The van der Waals surface area contributed by atoms with E-state index in [1.54, 1.807) is 0 Å². The average molecular weight is 160 g/mol. The standard InChI is InChI=1S/C10H12N2/c11-10-6-9(7-12-10)8-4-2-1-3-5-8/h1-6,9,12H,7,11H2. The van der Waals surface area contributed by atoms with E-state index in [1.807, 2.05) is 6.07 Å². The van der Waals surface area contributed by atoms with Crippen LogP contribution in [-0.2, 0) is 0 Å². The highest BCUT2D eigenvalue weighted by Crippen LogP contribution is 2.19. The smallest absolute Gasteiger partial charge is 0.0926 e. The van der Waals surface area contributed by atoms with Crippen molar-refractivity contribution in [2.45, 2.75) is 5.92 Å². The minimum absolute atomic E-state index is 0.450. The molecule has 0 spiro atoms. The van der Waals surface area contributed by atoms with Gasteiger partial charge in [0.2, 0.25) is 0 Å². The van der Waals surface area contributed by atoms with Gasteiger partial charge in [-0.15, -0.1) is 0 Å². The van der Waals surface area contributed by atoms with Crippen LogP contribution in [0.25, 0.3) is 0 Å². The van der Waals surface area contributed by atoms with E-state index in [9.17, 15) is 0 Å². The predicted octanol–water partition coefficient (Wildman–Crippen LogP) is 1.17. The summed E-state index contributed by atoms with van der Waals surface area (Å²) in [5.41, 5.74) is 6.94. The van der Waals surface area contributed by atoms with Crippen molar-refractivity contribution >= 4 is 0 Å². The number of rotatable bonds is 1. The minimum atomic E-state index is 0.450. The SMILES string of the molecule is NC1=CC(c2ccccc2)CN1.